The number of aliphatic hydroxyl groups is 2. The van der Waals surface area contributed by atoms with Crippen LogP contribution in [0.3, 0.4) is 0 Å². The number of hydrogen-bond donors (Lipinski definition) is 4. The van der Waals surface area contributed by atoms with E-state index in [2.05, 4.69) is 106 Å². The van der Waals surface area contributed by atoms with Gasteiger partial charge in [-0.05, 0) is 116 Å². The van der Waals surface area contributed by atoms with Crippen LogP contribution in [0, 0.1) is 0 Å². The Morgan fingerprint density at radius 1 is 0.322 bits per heavy atom. The molecule has 0 heterocycles. The summed E-state index contributed by atoms with van der Waals surface area (Å²) in [5, 5.41) is 20.5. The number of carbonyl (C=O) groups excluding carboxylic acids is 3. The molecular weight excluding hydrogens is 1150 g/mol. The number of phosphoric acid groups is 2. The van der Waals surface area contributed by atoms with E-state index in [9.17, 15) is 43.5 Å². The van der Waals surface area contributed by atoms with Gasteiger partial charge in [0.15, 0.2) is 6.10 Å². The highest BCUT2D eigenvalue weighted by molar-refractivity contribution is 7.47. The van der Waals surface area contributed by atoms with Crippen LogP contribution in [-0.4, -0.2) is 95.9 Å². The lowest BCUT2D eigenvalue weighted by Crippen LogP contribution is -2.30. The van der Waals surface area contributed by atoms with Gasteiger partial charge in [0.05, 0.1) is 26.4 Å². The molecule has 0 aliphatic heterocycles. The Bertz CT molecular complexity index is 1930. The fraction of sp³-hybridized carbons (Fsp3) is 0.754. The molecule has 5 atom stereocenters. The first-order valence-electron chi connectivity index (χ1n) is 33.9. The zero-order valence-electron chi connectivity index (χ0n) is 54.4. The molecule has 0 aromatic heterocycles. The number of rotatable bonds is 64. The summed E-state index contributed by atoms with van der Waals surface area (Å²) >= 11 is 0. The molecule has 0 saturated carbocycles. The maximum atomic E-state index is 12.9. The van der Waals surface area contributed by atoms with E-state index < -0.39 is 91.5 Å². The van der Waals surface area contributed by atoms with Gasteiger partial charge in [0.25, 0.3) is 0 Å². The Balaban J connectivity index is 4.58. The second-order valence-corrected chi connectivity index (χ2v) is 25.5. The number of allylic oxidation sites excluding steroid dienone is 14. The van der Waals surface area contributed by atoms with E-state index in [0.29, 0.717) is 19.3 Å². The van der Waals surface area contributed by atoms with Crippen molar-refractivity contribution in [3.8, 4) is 0 Å². The van der Waals surface area contributed by atoms with Crippen LogP contribution in [0.4, 0.5) is 0 Å². The number of aliphatic hydroxyl groups excluding tert-OH is 2. The molecule has 0 bridgehead atoms. The molecule has 0 aliphatic rings. The summed E-state index contributed by atoms with van der Waals surface area (Å²) in [6.07, 6.45) is 66.4. The molecule has 5 unspecified atom stereocenters. The van der Waals surface area contributed by atoms with Crippen LogP contribution in [0.15, 0.2) is 85.1 Å². The van der Waals surface area contributed by atoms with Crippen LogP contribution in [-0.2, 0) is 55.8 Å². The number of carbonyl (C=O) groups is 3. The maximum Gasteiger partial charge on any atom is 0.472 e. The van der Waals surface area contributed by atoms with Crippen molar-refractivity contribution in [3.05, 3.63) is 85.1 Å². The molecule has 87 heavy (non-hydrogen) atoms. The van der Waals surface area contributed by atoms with Gasteiger partial charge in [-0.2, -0.15) is 0 Å². The van der Waals surface area contributed by atoms with E-state index in [1.165, 1.54) is 64.2 Å². The van der Waals surface area contributed by atoms with Crippen LogP contribution < -0.4 is 0 Å². The third kappa shape index (κ3) is 64.1. The van der Waals surface area contributed by atoms with Gasteiger partial charge in [-0.25, -0.2) is 9.13 Å². The zero-order chi connectivity index (χ0) is 63.8. The Morgan fingerprint density at radius 3 is 0.989 bits per heavy atom. The van der Waals surface area contributed by atoms with Gasteiger partial charge in [0.2, 0.25) is 0 Å². The zero-order valence-corrected chi connectivity index (χ0v) is 56.2. The number of ether oxygens (including phenoxy) is 3. The largest absolute Gasteiger partial charge is 0.472 e. The quantitative estimate of drug-likeness (QED) is 0.0146. The number of hydrogen-bond acceptors (Lipinski definition) is 14. The summed E-state index contributed by atoms with van der Waals surface area (Å²) in [5.41, 5.74) is 0. The average Bonchev–Trinajstić information content (AvgIpc) is 3.52. The predicted octanol–water partition coefficient (Wildman–Crippen LogP) is 18.5. The molecule has 18 heteroatoms. The predicted molar refractivity (Wildman–Crippen MR) is 353 cm³/mol. The SMILES string of the molecule is CCC/C=C\C/C=C\CCCCCCCC(=O)OC(COC(=O)CCCCCCC/C=C\CCCCCCCC)COP(=O)(O)OCC(O)COP(=O)(O)OCC(O)COC(=O)CCCCCCCCC/C=C\C/C=C\C/C=C\C/C=C\CCCCC. The lowest BCUT2D eigenvalue weighted by atomic mass is 10.1. The highest BCUT2D eigenvalue weighted by Crippen LogP contribution is 2.45. The summed E-state index contributed by atoms with van der Waals surface area (Å²) in [7, 11) is -9.78. The first-order chi connectivity index (χ1) is 42.2. The van der Waals surface area contributed by atoms with Gasteiger partial charge in [-0.3, -0.25) is 32.5 Å². The third-order valence-corrected chi connectivity index (χ3v) is 15.9. The first kappa shape index (κ1) is 83.7. The fourth-order valence-electron chi connectivity index (χ4n) is 8.82. The Hall–Kier alpha value is -3.27. The highest BCUT2D eigenvalue weighted by Gasteiger charge is 2.29. The van der Waals surface area contributed by atoms with Crippen molar-refractivity contribution < 1.29 is 75.8 Å². The van der Waals surface area contributed by atoms with Gasteiger partial charge < -0.3 is 34.2 Å². The van der Waals surface area contributed by atoms with Crippen LogP contribution in [0.25, 0.3) is 0 Å². The molecule has 0 spiro atoms. The van der Waals surface area contributed by atoms with Crippen molar-refractivity contribution in [1.82, 2.24) is 0 Å². The third-order valence-electron chi connectivity index (χ3n) is 14.0. The van der Waals surface area contributed by atoms with Gasteiger partial charge in [-0.15, -0.1) is 0 Å². The van der Waals surface area contributed by atoms with Crippen molar-refractivity contribution in [2.75, 3.05) is 39.6 Å². The molecule has 0 fully saturated rings. The molecule has 0 amide bonds. The normalized spacial score (nSPS) is 14.8. The lowest BCUT2D eigenvalue weighted by Gasteiger charge is -2.21. The Morgan fingerprint density at radius 2 is 0.598 bits per heavy atom. The van der Waals surface area contributed by atoms with Crippen molar-refractivity contribution in [1.29, 1.82) is 0 Å². The van der Waals surface area contributed by atoms with Crippen LogP contribution >= 0.6 is 15.6 Å². The summed E-state index contributed by atoms with van der Waals surface area (Å²) in [6.45, 7) is 2.53. The summed E-state index contributed by atoms with van der Waals surface area (Å²) in [4.78, 5) is 58.3. The molecule has 0 aliphatic carbocycles. The molecule has 0 saturated heterocycles. The van der Waals surface area contributed by atoms with Gasteiger partial charge in [0, 0.05) is 19.3 Å². The van der Waals surface area contributed by atoms with Crippen LogP contribution in [0.1, 0.15) is 278 Å². The monoisotopic (exact) mass is 1270 g/mol. The van der Waals surface area contributed by atoms with Crippen molar-refractivity contribution in [2.45, 2.75) is 296 Å². The Labute approximate surface area is 527 Å². The minimum absolute atomic E-state index is 0.0871. The van der Waals surface area contributed by atoms with E-state index in [1.807, 2.05) is 0 Å². The molecule has 4 N–H and O–H groups in total. The van der Waals surface area contributed by atoms with Crippen molar-refractivity contribution >= 4 is 33.6 Å². The van der Waals surface area contributed by atoms with E-state index >= 15 is 0 Å². The van der Waals surface area contributed by atoms with E-state index in [0.717, 1.165) is 154 Å². The maximum absolute atomic E-state index is 12.9. The molecule has 0 rings (SSSR count). The highest BCUT2D eigenvalue weighted by atomic mass is 31.2. The van der Waals surface area contributed by atoms with E-state index in [-0.39, 0.29) is 19.3 Å². The number of phosphoric ester groups is 2. The summed E-state index contributed by atoms with van der Waals surface area (Å²) < 4.78 is 60.8. The minimum Gasteiger partial charge on any atom is -0.463 e. The van der Waals surface area contributed by atoms with E-state index in [4.69, 9.17) is 32.3 Å². The number of unbranched alkanes of at least 4 members (excludes halogenated alkanes) is 27. The second-order valence-electron chi connectivity index (χ2n) is 22.6. The lowest BCUT2D eigenvalue weighted by molar-refractivity contribution is -0.161. The molecule has 0 aromatic carbocycles. The first-order valence-corrected chi connectivity index (χ1v) is 36.9. The van der Waals surface area contributed by atoms with E-state index in [1.54, 1.807) is 0 Å². The molecular formula is C69H122O16P2. The second kappa shape index (κ2) is 62.9. The van der Waals surface area contributed by atoms with Crippen LogP contribution in [0.2, 0.25) is 0 Å². The molecule has 16 nitrogen and oxygen atoms in total. The molecule has 0 aromatic rings. The Kier molecular flexibility index (Phi) is 60.5. The summed E-state index contributed by atoms with van der Waals surface area (Å²) in [6, 6.07) is 0. The topological polar surface area (TPSA) is 231 Å². The number of esters is 3. The fourth-order valence-corrected chi connectivity index (χ4v) is 10.4. The smallest absolute Gasteiger partial charge is 0.463 e. The molecule has 504 valence electrons. The minimum atomic E-state index is -4.92. The summed E-state index contributed by atoms with van der Waals surface area (Å²) in [5.74, 6) is -1.61. The standard InChI is InChI=1S/C69H122O16P2/c1-4-7-10-13-16-19-22-25-27-28-29-30-31-32-33-34-36-39-40-43-46-49-52-55-67(72)79-58-64(70)59-81-86(75,76)82-60-65(71)61-83-87(77,78)84-63-66(85-69(74)57-54-51-48-45-42-37-24-21-18-15-12-9-6-3)62-80-68(73)56-53-50-47-44-41-38-35-26-23-20-17-14-11-8-5-2/h12,15-16,19,21,24-27,29-30,32-33,35,64-66,70-71H,4-11,13-14,17-18,20,22-23,28,31,34,36-63H2,1-3H3,(H,75,76)(H,77,78)/b15-12-,19-16-,24-21-,27-25-,30-29-,33-32-,35-26-. The van der Waals surface area contributed by atoms with Crippen molar-refractivity contribution in [2.24, 2.45) is 0 Å². The molecule has 0 radical (unpaired) electrons. The van der Waals surface area contributed by atoms with Gasteiger partial charge in [0.1, 0.15) is 25.4 Å². The van der Waals surface area contributed by atoms with Crippen molar-refractivity contribution in [3.63, 3.8) is 0 Å². The van der Waals surface area contributed by atoms with Gasteiger partial charge >= 0.3 is 33.6 Å². The average molecular weight is 1270 g/mol. The van der Waals surface area contributed by atoms with Gasteiger partial charge in [-0.1, -0.05) is 228 Å². The van der Waals surface area contributed by atoms with Crippen LogP contribution in [0.5, 0.6) is 0 Å².